The van der Waals surface area contributed by atoms with Crippen molar-refractivity contribution in [2.75, 3.05) is 101 Å². The number of likely N-dealkylation sites (N-methyl/N-ethyl adjacent to an activating group) is 2. The first-order valence-corrected chi connectivity index (χ1v) is 19.7. The van der Waals surface area contributed by atoms with E-state index in [1.807, 2.05) is 45.0 Å². The van der Waals surface area contributed by atoms with Crippen LogP contribution in [0, 0.1) is 5.92 Å². The molecule has 1 aromatic rings. The molecule has 0 spiro atoms. The fourth-order valence-corrected chi connectivity index (χ4v) is 6.45. The Labute approximate surface area is 311 Å². The van der Waals surface area contributed by atoms with Gasteiger partial charge in [0, 0.05) is 44.3 Å². The molecule has 0 saturated heterocycles. The van der Waals surface area contributed by atoms with E-state index >= 15 is 0 Å². The van der Waals surface area contributed by atoms with E-state index in [-0.39, 0.29) is 23.4 Å². The van der Waals surface area contributed by atoms with Gasteiger partial charge in [-0.2, -0.15) is 0 Å². The summed E-state index contributed by atoms with van der Waals surface area (Å²) in [4.78, 5) is 39.0. The number of amides is 1. The normalized spacial score (nSPS) is 15.2. The summed E-state index contributed by atoms with van der Waals surface area (Å²) >= 11 is 0. The number of rotatable bonds is 30. The third-order valence-corrected chi connectivity index (χ3v) is 10.0. The van der Waals surface area contributed by atoms with Crippen molar-refractivity contribution >= 4 is 23.2 Å². The number of quaternary nitrogens is 3. The number of hydrogen-bond donors (Lipinski definition) is 2. The Morgan fingerprint density at radius 3 is 2.00 bits per heavy atom. The lowest BCUT2D eigenvalue weighted by molar-refractivity contribution is -0.925. The lowest BCUT2D eigenvalue weighted by Gasteiger charge is -2.39. The molecule has 10 heteroatoms. The van der Waals surface area contributed by atoms with Gasteiger partial charge in [-0.15, -0.1) is 0 Å². The number of Topliss-reactive ketones (excluding diaryl/α,β-unsaturated/α-hetero) is 2. The molecule has 0 aliphatic heterocycles. The molecule has 0 saturated carbocycles. The smallest absolute Gasteiger partial charge is 0.251 e. The standard InChI is InChI=1S/C41H76N4O6/c1-11-13-14-16-31-51-35(4)40(48)25-29-45(10,28-24-39(47)34(3)19-15-17-30-50-12-2)33-38(46)32-44(8,9)27-18-26-42-41(49)36-20-22-37(23-21-36)43(5,6)7/h20-23,34-35,38,46H,11-19,24-33H2,1-10H3/q+2/p+1. The maximum atomic E-state index is 13.2. The molecule has 1 aromatic carbocycles. The van der Waals surface area contributed by atoms with E-state index in [1.165, 1.54) is 6.42 Å². The van der Waals surface area contributed by atoms with E-state index < -0.39 is 12.2 Å². The Hall–Kier alpha value is -2.21. The monoisotopic (exact) mass is 722 g/mol. The van der Waals surface area contributed by atoms with Gasteiger partial charge in [0.15, 0.2) is 11.9 Å². The Morgan fingerprint density at radius 1 is 0.765 bits per heavy atom. The first-order chi connectivity index (χ1) is 23.9. The topological polar surface area (TPSA) is 102 Å². The second-order valence-electron chi connectivity index (χ2n) is 16.5. The lowest BCUT2D eigenvalue weighted by Crippen LogP contribution is -2.56. The molecule has 10 nitrogen and oxygen atoms in total. The van der Waals surface area contributed by atoms with Crippen molar-refractivity contribution in [3.8, 4) is 0 Å². The number of ketones is 2. The molecule has 0 heterocycles. The highest BCUT2D eigenvalue weighted by molar-refractivity contribution is 5.94. The molecule has 0 bridgehead atoms. The maximum Gasteiger partial charge on any atom is 0.251 e. The van der Waals surface area contributed by atoms with Gasteiger partial charge in [0.1, 0.15) is 30.7 Å². The number of benzene rings is 1. The van der Waals surface area contributed by atoms with E-state index in [4.69, 9.17) is 9.47 Å². The Kier molecular flexibility index (Phi) is 22.2. The average molecular weight is 722 g/mol. The van der Waals surface area contributed by atoms with Crippen LogP contribution in [0.25, 0.3) is 0 Å². The summed E-state index contributed by atoms with van der Waals surface area (Å²) in [5, 5.41) is 14.4. The first kappa shape index (κ1) is 46.8. The predicted molar refractivity (Wildman–Crippen MR) is 210 cm³/mol. The third kappa shape index (κ3) is 20.6. The van der Waals surface area contributed by atoms with Crippen LogP contribution in [0.1, 0.15) is 102 Å². The minimum absolute atomic E-state index is 0.0223. The summed E-state index contributed by atoms with van der Waals surface area (Å²) in [5.41, 5.74) is 1.78. The minimum Gasteiger partial charge on any atom is -0.382 e. The van der Waals surface area contributed by atoms with Crippen molar-refractivity contribution in [1.82, 2.24) is 9.80 Å². The Morgan fingerprint density at radius 2 is 1.39 bits per heavy atom. The van der Waals surface area contributed by atoms with Crippen LogP contribution in [0.4, 0.5) is 5.69 Å². The minimum atomic E-state index is -0.618. The number of carbonyl (C=O) groups is 3. The van der Waals surface area contributed by atoms with Gasteiger partial charge in [-0.25, -0.2) is 0 Å². The Bertz CT molecular complexity index is 1100. The molecule has 0 aliphatic carbocycles. The Balaban J connectivity index is 2.75. The van der Waals surface area contributed by atoms with Crippen LogP contribution in [0.2, 0.25) is 0 Å². The maximum absolute atomic E-state index is 13.2. The van der Waals surface area contributed by atoms with Crippen molar-refractivity contribution in [3.05, 3.63) is 29.8 Å². The van der Waals surface area contributed by atoms with Gasteiger partial charge >= 0.3 is 0 Å². The van der Waals surface area contributed by atoms with Crippen LogP contribution < -0.4 is 9.80 Å². The molecule has 0 aromatic heterocycles. The molecule has 1 amide bonds. The van der Waals surface area contributed by atoms with Gasteiger partial charge in [-0.1, -0.05) is 39.5 Å². The molecule has 2 N–H and O–H groups in total. The van der Waals surface area contributed by atoms with Crippen LogP contribution in [0.3, 0.4) is 0 Å². The molecule has 0 aliphatic rings. The summed E-state index contributed by atoms with van der Waals surface area (Å²) in [6.07, 6.45) is 7.63. The van der Waals surface area contributed by atoms with E-state index in [0.717, 1.165) is 63.8 Å². The highest BCUT2D eigenvalue weighted by Gasteiger charge is 2.32. The van der Waals surface area contributed by atoms with Crippen LogP contribution >= 0.6 is 0 Å². The highest BCUT2D eigenvalue weighted by atomic mass is 16.5. The van der Waals surface area contributed by atoms with Crippen molar-refractivity contribution < 1.29 is 37.9 Å². The zero-order chi connectivity index (χ0) is 38.5. The highest BCUT2D eigenvalue weighted by Crippen LogP contribution is 2.18. The van der Waals surface area contributed by atoms with Crippen molar-refractivity contribution in [2.24, 2.45) is 5.92 Å². The summed E-state index contributed by atoms with van der Waals surface area (Å²) in [6, 6.07) is 7.72. The summed E-state index contributed by atoms with van der Waals surface area (Å²) in [5.74, 6) is 0.205. The molecule has 51 heavy (non-hydrogen) atoms. The number of hydrogen-bond acceptors (Lipinski definition) is 6. The van der Waals surface area contributed by atoms with Crippen molar-refractivity contribution in [3.63, 3.8) is 0 Å². The molecule has 0 fully saturated rings. The third-order valence-electron chi connectivity index (χ3n) is 10.0. The fourth-order valence-electron chi connectivity index (χ4n) is 6.45. The van der Waals surface area contributed by atoms with E-state index in [2.05, 4.69) is 54.5 Å². The van der Waals surface area contributed by atoms with Crippen molar-refractivity contribution in [2.45, 2.75) is 104 Å². The number of unbranched alkanes of at least 4 members (excludes halogenated alkanes) is 4. The van der Waals surface area contributed by atoms with Gasteiger partial charge in [0.05, 0.1) is 74.8 Å². The SMILES string of the molecule is CCCCCCOC(C)C(=O)CC[N+](C)(CCC(=O)C(C)CCCCOCC)CC(O)C[N+](C)(C)CCCNC(=O)c1ccc([N+](C)(C)C)cc1. The lowest BCUT2D eigenvalue weighted by atomic mass is 9.97. The fraction of sp³-hybridized carbons (Fsp3) is 0.780. The largest absolute Gasteiger partial charge is 0.382 e. The summed E-state index contributed by atoms with van der Waals surface area (Å²) in [7, 11) is 12.5. The predicted octanol–water partition coefficient (Wildman–Crippen LogP) is 5.63. The van der Waals surface area contributed by atoms with Crippen LogP contribution in [-0.2, 0) is 19.1 Å². The number of aliphatic hydroxyl groups is 1. The van der Waals surface area contributed by atoms with Gasteiger partial charge in [-0.05, 0) is 57.4 Å². The quantitative estimate of drug-likeness (QED) is 0.0789. The summed E-state index contributed by atoms with van der Waals surface area (Å²) in [6.45, 7) is 13.5. The first-order valence-electron chi connectivity index (χ1n) is 19.7. The van der Waals surface area contributed by atoms with Crippen LogP contribution in [-0.4, -0.2) is 145 Å². The molecular formula is C41H77N4O6+3. The second kappa shape index (κ2) is 24.2. The van der Waals surface area contributed by atoms with Crippen molar-refractivity contribution in [1.29, 1.82) is 0 Å². The molecule has 4 atom stereocenters. The van der Waals surface area contributed by atoms with E-state index in [0.29, 0.717) is 77.8 Å². The van der Waals surface area contributed by atoms with E-state index in [9.17, 15) is 19.5 Å². The van der Waals surface area contributed by atoms with Gasteiger partial charge < -0.3 is 28.9 Å². The van der Waals surface area contributed by atoms with Gasteiger partial charge in [0.25, 0.3) is 5.91 Å². The number of carbonyl (C=O) groups excluding carboxylic acids is 3. The number of nitrogens with zero attached hydrogens (tertiary/aromatic N) is 3. The molecular weight excluding hydrogens is 644 g/mol. The van der Waals surface area contributed by atoms with Gasteiger partial charge in [-0.3, -0.25) is 18.9 Å². The number of nitrogens with one attached hydrogen (secondary N) is 1. The zero-order valence-corrected chi connectivity index (χ0v) is 34.3. The average Bonchev–Trinajstić information content (AvgIpc) is 3.06. The zero-order valence-electron chi connectivity index (χ0n) is 34.3. The molecule has 1 rings (SSSR count). The summed E-state index contributed by atoms with van der Waals surface area (Å²) < 4.78 is 13.0. The number of ether oxygens (including phenoxy) is 2. The van der Waals surface area contributed by atoms with E-state index in [1.54, 1.807) is 0 Å². The van der Waals surface area contributed by atoms with Crippen LogP contribution in [0.15, 0.2) is 24.3 Å². The molecule has 0 radical (unpaired) electrons. The molecule has 4 unspecified atom stereocenters. The number of aliphatic hydroxyl groups excluding tert-OH is 1. The van der Waals surface area contributed by atoms with Crippen LogP contribution in [0.5, 0.6) is 0 Å². The molecule has 294 valence electrons. The van der Waals surface area contributed by atoms with Gasteiger partial charge in [0.2, 0.25) is 0 Å². The second-order valence-corrected chi connectivity index (χ2v) is 16.5.